The fraction of sp³-hybridized carbons (Fsp3) is 0.381. The standard InChI is InChI=1S/C21H23N5O2/c1-14-8-15(2)10-17(9-14)21(27)26-7-3-4-16(13-26)11-19-24-20(25-28-19)18-12-22-5-6-23-18/h5-6,8-10,12,16H,3-4,7,11,13H2,1-2H3. The van der Waals surface area contributed by atoms with Gasteiger partial charge in [-0.05, 0) is 44.7 Å². The van der Waals surface area contributed by atoms with Gasteiger partial charge in [0, 0.05) is 37.5 Å². The van der Waals surface area contributed by atoms with E-state index >= 15 is 0 Å². The highest BCUT2D eigenvalue weighted by atomic mass is 16.5. The number of aromatic nitrogens is 4. The van der Waals surface area contributed by atoms with Gasteiger partial charge in [0.05, 0.1) is 6.20 Å². The molecule has 1 atom stereocenters. The third-order valence-electron chi connectivity index (χ3n) is 5.00. The zero-order valence-electron chi connectivity index (χ0n) is 16.1. The Morgan fingerprint density at radius 3 is 2.79 bits per heavy atom. The van der Waals surface area contributed by atoms with Crippen LogP contribution in [0.1, 0.15) is 40.2 Å². The van der Waals surface area contributed by atoms with Crippen LogP contribution in [-0.2, 0) is 6.42 Å². The van der Waals surface area contributed by atoms with Gasteiger partial charge in [-0.1, -0.05) is 22.3 Å². The molecule has 3 heterocycles. The van der Waals surface area contributed by atoms with Crippen molar-refractivity contribution < 1.29 is 9.32 Å². The lowest BCUT2D eigenvalue weighted by Crippen LogP contribution is -2.40. The van der Waals surface area contributed by atoms with Gasteiger partial charge in [0.15, 0.2) is 0 Å². The highest BCUT2D eigenvalue weighted by Gasteiger charge is 2.26. The molecule has 28 heavy (non-hydrogen) atoms. The molecule has 1 aromatic carbocycles. The minimum atomic E-state index is 0.0993. The molecular formula is C21H23N5O2. The fourth-order valence-corrected chi connectivity index (χ4v) is 3.80. The minimum Gasteiger partial charge on any atom is -0.339 e. The molecule has 0 bridgehead atoms. The summed E-state index contributed by atoms with van der Waals surface area (Å²) in [6, 6.07) is 6.01. The molecule has 7 heteroatoms. The minimum absolute atomic E-state index is 0.0993. The molecule has 0 N–H and O–H groups in total. The number of aryl methyl sites for hydroxylation is 2. The number of piperidine rings is 1. The molecule has 1 aliphatic rings. The van der Waals surface area contributed by atoms with E-state index in [0.717, 1.165) is 36.1 Å². The Hall–Kier alpha value is -3.09. The summed E-state index contributed by atoms with van der Waals surface area (Å²) >= 11 is 0. The van der Waals surface area contributed by atoms with E-state index in [4.69, 9.17) is 4.52 Å². The Labute approximate surface area is 163 Å². The third-order valence-corrected chi connectivity index (χ3v) is 5.00. The summed E-state index contributed by atoms with van der Waals surface area (Å²) in [4.78, 5) is 27.6. The highest BCUT2D eigenvalue weighted by Crippen LogP contribution is 2.23. The van der Waals surface area contributed by atoms with Crippen LogP contribution in [0.15, 0.2) is 41.3 Å². The number of hydrogen-bond donors (Lipinski definition) is 0. The second kappa shape index (κ2) is 7.88. The Morgan fingerprint density at radius 1 is 1.21 bits per heavy atom. The summed E-state index contributed by atoms with van der Waals surface area (Å²) in [7, 11) is 0. The third kappa shape index (κ3) is 4.08. The van der Waals surface area contributed by atoms with Crippen LogP contribution in [0.3, 0.4) is 0 Å². The maximum absolute atomic E-state index is 13.0. The van der Waals surface area contributed by atoms with Gasteiger partial charge >= 0.3 is 0 Å². The Morgan fingerprint density at radius 2 is 2.04 bits per heavy atom. The molecule has 7 nitrogen and oxygen atoms in total. The predicted molar refractivity (Wildman–Crippen MR) is 104 cm³/mol. The molecule has 1 saturated heterocycles. The summed E-state index contributed by atoms with van der Waals surface area (Å²) < 4.78 is 5.40. The smallest absolute Gasteiger partial charge is 0.253 e. The van der Waals surface area contributed by atoms with E-state index in [-0.39, 0.29) is 5.91 Å². The lowest BCUT2D eigenvalue weighted by Gasteiger charge is -2.32. The molecule has 144 valence electrons. The first-order valence-electron chi connectivity index (χ1n) is 9.55. The Bertz CT molecular complexity index is 950. The van der Waals surface area contributed by atoms with Gasteiger partial charge in [-0.3, -0.25) is 9.78 Å². The van der Waals surface area contributed by atoms with Crippen molar-refractivity contribution in [2.75, 3.05) is 13.1 Å². The van der Waals surface area contributed by atoms with Crippen LogP contribution in [0.4, 0.5) is 0 Å². The predicted octanol–water partition coefficient (Wildman–Crippen LogP) is 3.24. The molecule has 1 fully saturated rings. The second-order valence-corrected chi connectivity index (χ2v) is 7.44. The van der Waals surface area contributed by atoms with Crippen molar-refractivity contribution in [1.82, 2.24) is 25.0 Å². The van der Waals surface area contributed by atoms with E-state index in [9.17, 15) is 4.79 Å². The average molecular weight is 377 g/mol. The van der Waals surface area contributed by atoms with E-state index in [1.54, 1.807) is 18.6 Å². The summed E-state index contributed by atoms with van der Waals surface area (Å²) in [6.45, 7) is 5.53. The number of amides is 1. The first-order chi connectivity index (χ1) is 13.6. The summed E-state index contributed by atoms with van der Waals surface area (Å²) in [5, 5.41) is 4.00. The van der Waals surface area contributed by atoms with Crippen LogP contribution < -0.4 is 0 Å². The lowest BCUT2D eigenvalue weighted by atomic mass is 9.94. The molecule has 1 amide bonds. The van der Waals surface area contributed by atoms with Crippen molar-refractivity contribution in [3.63, 3.8) is 0 Å². The average Bonchev–Trinajstić information content (AvgIpc) is 3.16. The van der Waals surface area contributed by atoms with Gasteiger partial charge < -0.3 is 9.42 Å². The van der Waals surface area contributed by atoms with E-state index in [1.807, 2.05) is 30.9 Å². The van der Waals surface area contributed by atoms with Gasteiger partial charge in [-0.15, -0.1) is 0 Å². The zero-order valence-corrected chi connectivity index (χ0v) is 16.1. The van der Waals surface area contributed by atoms with Gasteiger partial charge in [-0.2, -0.15) is 4.98 Å². The van der Waals surface area contributed by atoms with Crippen molar-refractivity contribution >= 4 is 5.91 Å². The number of rotatable bonds is 4. The number of carbonyl (C=O) groups excluding carboxylic acids is 1. The van der Waals surface area contributed by atoms with Crippen molar-refractivity contribution in [2.24, 2.45) is 5.92 Å². The molecular weight excluding hydrogens is 354 g/mol. The summed E-state index contributed by atoms with van der Waals surface area (Å²) in [5.41, 5.74) is 3.58. The first kappa shape index (κ1) is 18.3. The van der Waals surface area contributed by atoms with Crippen LogP contribution in [0.2, 0.25) is 0 Å². The molecule has 2 aromatic heterocycles. The first-order valence-corrected chi connectivity index (χ1v) is 9.55. The van der Waals surface area contributed by atoms with Crippen molar-refractivity contribution in [3.05, 3.63) is 59.4 Å². The molecule has 0 radical (unpaired) electrons. The number of carbonyl (C=O) groups is 1. The van der Waals surface area contributed by atoms with E-state index in [0.29, 0.717) is 36.3 Å². The Kier molecular flexibility index (Phi) is 5.14. The topological polar surface area (TPSA) is 85.0 Å². The van der Waals surface area contributed by atoms with E-state index in [1.165, 1.54) is 0 Å². The number of benzene rings is 1. The van der Waals surface area contributed by atoms with Crippen LogP contribution in [0.25, 0.3) is 11.5 Å². The largest absolute Gasteiger partial charge is 0.339 e. The van der Waals surface area contributed by atoms with Gasteiger partial charge in [0.2, 0.25) is 11.7 Å². The van der Waals surface area contributed by atoms with Crippen LogP contribution in [-0.4, -0.2) is 44.0 Å². The van der Waals surface area contributed by atoms with Gasteiger partial charge in [-0.25, -0.2) is 4.98 Å². The molecule has 0 saturated carbocycles. The maximum atomic E-state index is 13.0. The molecule has 1 aliphatic heterocycles. The zero-order chi connectivity index (χ0) is 19.5. The number of hydrogen-bond acceptors (Lipinski definition) is 6. The van der Waals surface area contributed by atoms with Crippen LogP contribution in [0.5, 0.6) is 0 Å². The van der Waals surface area contributed by atoms with E-state index < -0.39 is 0 Å². The monoisotopic (exact) mass is 377 g/mol. The maximum Gasteiger partial charge on any atom is 0.253 e. The van der Waals surface area contributed by atoms with E-state index in [2.05, 4.69) is 26.2 Å². The normalized spacial score (nSPS) is 16.9. The van der Waals surface area contributed by atoms with Crippen molar-refractivity contribution in [2.45, 2.75) is 33.1 Å². The van der Waals surface area contributed by atoms with Crippen LogP contribution >= 0.6 is 0 Å². The number of nitrogens with zero attached hydrogens (tertiary/aromatic N) is 5. The molecule has 4 rings (SSSR count). The molecule has 3 aromatic rings. The Balaban J connectivity index is 1.43. The number of likely N-dealkylation sites (tertiary alicyclic amines) is 1. The van der Waals surface area contributed by atoms with Crippen molar-refractivity contribution in [1.29, 1.82) is 0 Å². The fourth-order valence-electron chi connectivity index (χ4n) is 3.80. The lowest BCUT2D eigenvalue weighted by molar-refractivity contribution is 0.0668. The van der Waals surface area contributed by atoms with Crippen molar-refractivity contribution in [3.8, 4) is 11.5 Å². The molecule has 0 spiro atoms. The summed E-state index contributed by atoms with van der Waals surface area (Å²) in [6.07, 6.45) is 7.49. The SMILES string of the molecule is Cc1cc(C)cc(C(=O)N2CCCC(Cc3nc(-c4cnccn4)no3)C2)c1. The van der Waals surface area contributed by atoms with Crippen LogP contribution in [0, 0.1) is 19.8 Å². The van der Waals surface area contributed by atoms with Gasteiger partial charge in [0.25, 0.3) is 5.91 Å². The van der Waals surface area contributed by atoms with Gasteiger partial charge in [0.1, 0.15) is 5.69 Å². The second-order valence-electron chi connectivity index (χ2n) is 7.44. The molecule has 1 unspecified atom stereocenters. The quantitative estimate of drug-likeness (QED) is 0.694. The highest BCUT2D eigenvalue weighted by molar-refractivity contribution is 5.94. The summed E-state index contributed by atoms with van der Waals surface area (Å²) in [5.74, 6) is 1.43. The molecule has 0 aliphatic carbocycles.